The van der Waals surface area contributed by atoms with Crippen molar-refractivity contribution in [2.75, 3.05) is 0 Å². The topological polar surface area (TPSA) is 105 Å². The van der Waals surface area contributed by atoms with Gasteiger partial charge in [-0.15, -0.1) is 0 Å². The zero-order chi connectivity index (χ0) is 20.7. The number of benzene rings is 2. The summed E-state index contributed by atoms with van der Waals surface area (Å²) in [6.45, 7) is 0.232. The van der Waals surface area contributed by atoms with Gasteiger partial charge in [0.15, 0.2) is 0 Å². The van der Waals surface area contributed by atoms with E-state index in [-0.39, 0.29) is 18.1 Å². The summed E-state index contributed by atoms with van der Waals surface area (Å²) < 4.78 is 5.45. The summed E-state index contributed by atoms with van der Waals surface area (Å²) in [5, 5.41) is 18.6. The van der Waals surface area contributed by atoms with Crippen LogP contribution in [0.25, 0.3) is 11.3 Å². The fraction of sp³-hybridized carbons (Fsp3) is 0.0909. The van der Waals surface area contributed by atoms with Crippen LogP contribution in [0.2, 0.25) is 0 Å². The number of aromatic amines is 1. The molecule has 1 atom stereocenters. The number of nitrogens with one attached hydrogen (secondary N) is 1. The number of nitro benzene ring substituents is 1. The Morgan fingerprint density at radius 2 is 1.93 bits per heavy atom. The van der Waals surface area contributed by atoms with Crippen LogP contribution in [-0.2, 0) is 6.54 Å². The molecule has 1 amide bonds. The predicted molar refractivity (Wildman–Crippen MR) is 108 cm³/mol. The zero-order valence-corrected chi connectivity index (χ0v) is 15.7. The Morgan fingerprint density at radius 1 is 1.10 bits per heavy atom. The molecule has 30 heavy (non-hydrogen) atoms. The number of H-pyrrole nitrogens is 1. The smallest absolute Gasteiger partial charge is 0.273 e. The summed E-state index contributed by atoms with van der Waals surface area (Å²) in [5.74, 6) is 0.394. The van der Waals surface area contributed by atoms with E-state index in [1.807, 2.05) is 30.3 Å². The molecule has 1 aliphatic heterocycles. The average molecular weight is 400 g/mol. The quantitative estimate of drug-likeness (QED) is 0.397. The zero-order valence-electron chi connectivity index (χ0n) is 15.7. The van der Waals surface area contributed by atoms with E-state index < -0.39 is 11.0 Å². The second kappa shape index (κ2) is 7.00. The lowest BCUT2D eigenvalue weighted by molar-refractivity contribution is -0.384. The Labute approximate surface area is 170 Å². The molecule has 0 saturated heterocycles. The molecule has 0 aliphatic carbocycles. The molecule has 0 bridgehead atoms. The first-order valence-electron chi connectivity index (χ1n) is 9.35. The molecule has 0 saturated carbocycles. The standard InChI is InChI=1S/C22H16N4O4/c27-22-20-18(19(23-24-20)14-6-2-1-3-7-14)21(25(22)13-17-10-5-11-30-17)15-8-4-9-16(12-15)26(28)29/h1-12,21H,13H2,(H,23,24). The number of carbonyl (C=O) groups excluding carboxylic acids is 1. The first-order valence-corrected chi connectivity index (χ1v) is 9.35. The minimum Gasteiger partial charge on any atom is -0.467 e. The van der Waals surface area contributed by atoms with Crippen LogP contribution in [0, 0.1) is 10.1 Å². The van der Waals surface area contributed by atoms with Gasteiger partial charge in [0.05, 0.1) is 29.5 Å². The van der Waals surface area contributed by atoms with Gasteiger partial charge in [0, 0.05) is 23.3 Å². The monoisotopic (exact) mass is 400 g/mol. The van der Waals surface area contributed by atoms with Crippen molar-refractivity contribution in [3.8, 4) is 11.3 Å². The minimum atomic E-state index is -0.536. The number of aromatic nitrogens is 2. The van der Waals surface area contributed by atoms with Gasteiger partial charge in [-0.05, 0) is 17.7 Å². The number of hydrogen-bond acceptors (Lipinski definition) is 5. The van der Waals surface area contributed by atoms with Crippen molar-refractivity contribution in [3.05, 3.63) is 106 Å². The minimum absolute atomic E-state index is 0.0314. The van der Waals surface area contributed by atoms with Crippen molar-refractivity contribution in [1.82, 2.24) is 15.1 Å². The van der Waals surface area contributed by atoms with Crippen LogP contribution in [0.5, 0.6) is 0 Å². The lowest BCUT2D eigenvalue weighted by Crippen LogP contribution is -2.29. The maximum atomic E-state index is 13.2. The number of non-ortho nitro benzene ring substituents is 1. The highest BCUT2D eigenvalue weighted by atomic mass is 16.6. The molecule has 1 aliphatic rings. The van der Waals surface area contributed by atoms with Gasteiger partial charge in [0.25, 0.3) is 11.6 Å². The van der Waals surface area contributed by atoms with E-state index in [2.05, 4.69) is 10.2 Å². The van der Waals surface area contributed by atoms with Gasteiger partial charge in [0.1, 0.15) is 11.5 Å². The largest absolute Gasteiger partial charge is 0.467 e. The highest BCUT2D eigenvalue weighted by Crippen LogP contribution is 2.44. The van der Waals surface area contributed by atoms with Gasteiger partial charge >= 0.3 is 0 Å². The molecule has 3 heterocycles. The van der Waals surface area contributed by atoms with E-state index in [1.165, 1.54) is 12.1 Å². The number of amides is 1. The van der Waals surface area contributed by atoms with Gasteiger partial charge in [-0.2, -0.15) is 5.10 Å². The highest BCUT2D eigenvalue weighted by molar-refractivity contribution is 6.00. The normalized spacial score (nSPS) is 15.4. The maximum absolute atomic E-state index is 13.2. The van der Waals surface area contributed by atoms with Gasteiger partial charge in [0.2, 0.25) is 0 Å². The second-order valence-corrected chi connectivity index (χ2v) is 6.99. The van der Waals surface area contributed by atoms with Crippen molar-refractivity contribution in [1.29, 1.82) is 0 Å². The number of furan rings is 1. The van der Waals surface area contributed by atoms with Crippen LogP contribution in [0.4, 0.5) is 5.69 Å². The third-order valence-electron chi connectivity index (χ3n) is 5.21. The van der Waals surface area contributed by atoms with E-state index in [9.17, 15) is 14.9 Å². The molecule has 0 fully saturated rings. The van der Waals surface area contributed by atoms with Crippen LogP contribution >= 0.6 is 0 Å². The Hall–Kier alpha value is -4.20. The third-order valence-corrected chi connectivity index (χ3v) is 5.21. The van der Waals surface area contributed by atoms with E-state index in [0.717, 1.165) is 5.56 Å². The number of nitro groups is 1. The molecule has 5 rings (SSSR count). The second-order valence-electron chi connectivity index (χ2n) is 6.99. The van der Waals surface area contributed by atoms with Crippen molar-refractivity contribution >= 4 is 11.6 Å². The first-order chi connectivity index (χ1) is 14.6. The summed E-state index contributed by atoms with van der Waals surface area (Å²) in [5.41, 5.74) is 3.21. The summed E-state index contributed by atoms with van der Waals surface area (Å²) in [4.78, 5) is 25.8. The number of hydrogen-bond donors (Lipinski definition) is 1. The molecular formula is C22H16N4O4. The van der Waals surface area contributed by atoms with Gasteiger partial charge in [-0.25, -0.2) is 0 Å². The van der Waals surface area contributed by atoms with E-state index in [1.54, 1.807) is 35.4 Å². The van der Waals surface area contributed by atoms with Crippen LogP contribution in [0.15, 0.2) is 77.4 Å². The maximum Gasteiger partial charge on any atom is 0.273 e. The number of rotatable bonds is 5. The summed E-state index contributed by atoms with van der Waals surface area (Å²) in [7, 11) is 0. The van der Waals surface area contributed by atoms with E-state index in [4.69, 9.17) is 4.42 Å². The van der Waals surface area contributed by atoms with Crippen LogP contribution < -0.4 is 0 Å². The van der Waals surface area contributed by atoms with Crippen molar-refractivity contribution in [3.63, 3.8) is 0 Å². The molecule has 1 unspecified atom stereocenters. The average Bonchev–Trinajstić information content (AvgIpc) is 3.48. The Morgan fingerprint density at radius 3 is 2.67 bits per heavy atom. The van der Waals surface area contributed by atoms with Gasteiger partial charge in [-0.3, -0.25) is 20.0 Å². The van der Waals surface area contributed by atoms with Crippen LogP contribution in [-0.4, -0.2) is 25.9 Å². The number of nitrogens with zero attached hydrogens (tertiary/aromatic N) is 3. The van der Waals surface area contributed by atoms with Crippen LogP contribution in [0.1, 0.15) is 33.4 Å². The molecule has 2 aromatic carbocycles. The van der Waals surface area contributed by atoms with Crippen molar-refractivity contribution in [2.24, 2.45) is 0 Å². The van der Waals surface area contributed by atoms with Crippen molar-refractivity contribution < 1.29 is 14.1 Å². The molecular weight excluding hydrogens is 384 g/mol. The molecule has 4 aromatic rings. The van der Waals surface area contributed by atoms with Gasteiger partial charge in [-0.1, -0.05) is 42.5 Å². The SMILES string of the molecule is O=C1c2[nH]nc(-c3ccccc3)c2C(c2cccc([N+](=O)[O-])c2)N1Cc1ccco1. The fourth-order valence-corrected chi connectivity index (χ4v) is 3.90. The van der Waals surface area contributed by atoms with E-state index >= 15 is 0 Å². The summed E-state index contributed by atoms with van der Waals surface area (Å²) in [6.07, 6.45) is 1.55. The lowest BCUT2D eigenvalue weighted by atomic mass is 9.95. The Balaban J connectivity index is 1.68. The van der Waals surface area contributed by atoms with Crippen molar-refractivity contribution in [2.45, 2.75) is 12.6 Å². The predicted octanol–water partition coefficient (Wildman–Crippen LogP) is 4.32. The Kier molecular flexibility index (Phi) is 4.17. The highest BCUT2D eigenvalue weighted by Gasteiger charge is 2.42. The molecule has 0 radical (unpaired) electrons. The summed E-state index contributed by atoms with van der Waals surface area (Å²) >= 11 is 0. The third kappa shape index (κ3) is 2.86. The van der Waals surface area contributed by atoms with E-state index in [0.29, 0.717) is 28.3 Å². The molecule has 2 aromatic heterocycles. The number of fused-ring (bicyclic) bond motifs is 1. The summed E-state index contributed by atoms with van der Waals surface area (Å²) in [6, 6.07) is 18.9. The molecule has 0 spiro atoms. The fourth-order valence-electron chi connectivity index (χ4n) is 3.90. The molecule has 1 N–H and O–H groups in total. The first kappa shape index (κ1) is 17.9. The van der Waals surface area contributed by atoms with Gasteiger partial charge < -0.3 is 9.32 Å². The number of carbonyl (C=O) groups is 1. The Bertz CT molecular complexity index is 1230. The molecule has 8 nitrogen and oxygen atoms in total. The molecule has 148 valence electrons. The lowest BCUT2D eigenvalue weighted by Gasteiger charge is -2.25. The van der Waals surface area contributed by atoms with Crippen LogP contribution in [0.3, 0.4) is 0 Å². The molecule has 8 heteroatoms.